The molecule has 0 saturated carbocycles. The summed E-state index contributed by atoms with van der Waals surface area (Å²) < 4.78 is 1.96. The maximum atomic E-state index is 11.6. The van der Waals surface area contributed by atoms with Gasteiger partial charge in [-0.3, -0.25) is 14.4 Å². The molecular formula is C23H25N5O3S. The van der Waals surface area contributed by atoms with Crippen molar-refractivity contribution in [1.29, 1.82) is 0 Å². The van der Waals surface area contributed by atoms with Crippen LogP contribution in [0.5, 0.6) is 0 Å². The van der Waals surface area contributed by atoms with Crippen LogP contribution in [-0.2, 0) is 11.2 Å². The summed E-state index contributed by atoms with van der Waals surface area (Å²) in [5.74, 6) is 0.346. The maximum absolute atomic E-state index is 11.6. The van der Waals surface area contributed by atoms with Crippen LogP contribution in [-0.4, -0.2) is 43.3 Å². The smallest absolute Gasteiger partial charge is 0.306 e. The lowest BCUT2D eigenvalue weighted by Gasteiger charge is -2.11. The van der Waals surface area contributed by atoms with Gasteiger partial charge in [-0.05, 0) is 38.3 Å². The summed E-state index contributed by atoms with van der Waals surface area (Å²) in [7, 11) is 0. The second-order valence-corrected chi connectivity index (χ2v) is 8.93. The van der Waals surface area contributed by atoms with E-state index in [1.54, 1.807) is 11.3 Å². The number of thiophene rings is 1. The van der Waals surface area contributed by atoms with Crippen molar-refractivity contribution in [3.05, 3.63) is 75.2 Å². The normalized spacial score (nSPS) is 15.4. The monoisotopic (exact) mass is 451 g/mol. The third-order valence-electron chi connectivity index (χ3n) is 5.56. The Bertz CT molecular complexity index is 1210. The highest BCUT2D eigenvalue weighted by Gasteiger charge is 2.32. The van der Waals surface area contributed by atoms with Gasteiger partial charge in [0.15, 0.2) is 5.82 Å². The van der Waals surface area contributed by atoms with Gasteiger partial charge in [0.2, 0.25) is 0 Å². The van der Waals surface area contributed by atoms with Gasteiger partial charge in [-0.25, -0.2) is 5.48 Å². The molecule has 1 aliphatic rings. The first-order valence-electron chi connectivity index (χ1n) is 10.3. The van der Waals surface area contributed by atoms with Crippen molar-refractivity contribution in [3.63, 3.8) is 0 Å². The van der Waals surface area contributed by atoms with Crippen LogP contribution < -0.4 is 5.48 Å². The number of nitrogens with zero attached hydrogens (tertiary/aromatic N) is 4. The van der Waals surface area contributed by atoms with E-state index in [0.29, 0.717) is 18.2 Å². The Hall–Kier alpha value is -3.14. The van der Waals surface area contributed by atoms with Crippen LogP contribution in [0.15, 0.2) is 41.4 Å². The Labute approximate surface area is 189 Å². The number of aromatic nitrogens is 3. The second-order valence-electron chi connectivity index (χ2n) is 7.73. The summed E-state index contributed by atoms with van der Waals surface area (Å²) in [6, 6.07) is 7.52. The molecule has 4 rings (SSSR count). The highest BCUT2D eigenvalue weighted by molar-refractivity contribution is 7.15. The maximum Gasteiger partial charge on any atom is 0.306 e. The second kappa shape index (κ2) is 9.15. The first-order chi connectivity index (χ1) is 15.4. The molecule has 3 aromatic rings. The van der Waals surface area contributed by atoms with Crippen LogP contribution in [0, 0.1) is 20.8 Å². The molecule has 1 atom stereocenters. The van der Waals surface area contributed by atoms with E-state index in [4.69, 9.17) is 10.2 Å². The Morgan fingerprint density at radius 1 is 1.19 bits per heavy atom. The molecule has 0 fully saturated rings. The molecule has 0 spiro atoms. The van der Waals surface area contributed by atoms with Crippen LogP contribution >= 0.6 is 11.3 Å². The number of nitrogens with one attached hydrogen (secondary N) is 1. The molecule has 0 radical (unpaired) electrons. The fraction of sp³-hybridized carbons (Fsp3) is 0.304. The number of hydrogen-bond donors (Lipinski definition) is 3. The molecule has 0 amide bonds. The highest BCUT2D eigenvalue weighted by atomic mass is 32.1. The van der Waals surface area contributed by atoms with Crippen LogP contribution in [0.1, 0.15) is 51.2 Å². The van der Waals surface area contributed by atoms with E-state index in [0.717, 1.165) is 39.4 Å². The molecule has 0 bridgehead atoms. The van der Waals surface area contributed by atoms with Gasteiger partial charge in [0, 0.05) is 22.5 Å². The molecular weight excluding hydrogens is 426 g/mol. The number of carboxylic acid groups (broad SMARTS) is 1. The summed E-state index contributed by atoms with van der Waals surface area (Å²) in [6.45, 7) is 6.44. The van der Waals surface area contributed by atoms with Crippen LogP contribution in [0.2, 0.25) is 0 Å². The summed E-state index contributed by atoms with van der Waals surface area (Å²) in [4.78, 5) is 17.7. The van der Waals surface area contributed by atoms with E-state index in [-0.39, 0.29) is 6.42 Å². The Morgan fingerprint density at radius 2 is 1.94 bits per heavy atom. The van der Waals surface area contributed by atoms with Gasteiger partial charge >= 0.3 is 5.97 Å². The molecule has 0 aliphatic carbocycles. The number of aliphatic imine (C=N–C) groups is 1. The van der Waals surface area contributed by atoms with Crippen LogP contribution in [0.3, 0.4) is 0 Å². The summed E-state index contributed by atoms with van der Waals surface area (Å²) >= 11 is 1.65. The topological polar surface area (TPSA) is 113 Å². The van der Waals surface area contributed by atoms with Crippen LogP contribution in [0.4, 0.5) is 0 Å². The third kappa shape index (κ3) is 4.14. The number of allylic oxidation sites excluding steroid dienone is 1. The number of carboxylic acids is 1. The minimum Gasteiger partial charge on any atom is -0.481 e. The number of hydroxylamine groups is 1. The lowest BCUT2D eigenvalue weighted by Crippen LogP contribution is -2.10. The van der Waals surface area contributed by atoms with E-state index >= 15 is 0 Å². The largest absolute Gasteiger partial charge is 0.481 e. The summed E-state index contributed by atoms with van der Waals surface area (Å²) in [5.41, 5.74) is 7.08. The van der Waals surface area contributed by atoms with E-state index in [1.807, 2.05) is 47.9 Å². The molecule has 0 saturated heterocycles. The number of carbonyl (C=O) groups is 1. The van der Waals surface area contributed by atoms with E-state index in [1.165, 1.54) is 4.88 Å². The van der Waals surface area contributed by atoms with E-state index in [9.17, 15) is 9.90 Å². The van der Waals surface area contributed by atoms with Gasteiger partial charge in [-0.15, -0.1) is 21.5 Å². The number of aliphatic carboxylic acids is 1. The lowest BCUT2D eigenvalue weighted by molar-refractivity contribution is -0.137. The molecule has 0 unspecified atom stereocenters. The van der Waals surface area contributed by atoms with Crippen LogP contribution in [0.25, 0.3) is 5.00 Å². The predicted octanol–water partition coefficient (Wildman–Crippen LogP) is 3.70. The summed E-state index contributed by atoms with van der Waals surface area (Å²) in [5, 5.41) is 27.7. The van der Waals surface area contributed by atoms with Crippen molar-refractivity contribution in [1.82, 2.24) is 20.2 Å². The van der Waals surface area contributed by atoms with Crippen molar-refractivity contribution in [2.24, 2.45) is 4.99 Å². The SMILES string of the molecule is Cc1sc2c(c1C)C(c1ccc(CC=CCNO)cc1)=N[C@@H](CC(=O)O)c1nnc(C)n1-2. The van der Waals surface area contributed by atoms with E-state index < -0.39 is 12.0 Å². The van der Waals surface area contributed by atoms with Crippen molar-refractivity contribution in [2.45, 2.75) is 39.7 Å². The standard InChI is InChI=1S/C23H25N5O3S/c1-13-14(2)32-23-20(13)21(17-9-7-16(8-10-17)6-4-5-11-24-31)25-18(12-19(29)30)22-27-26-15(3)28(22)23/h4-5,7-10,18,24,31H,6,11-12H2,1-3H3,(H,29,30)/t18-/m0/s1. The van der Waals surface area contributed by atoms with Gasteiger partial charge in [0.05, 0.1) is 12.1 Å². The lowest BCUT2D eigenvalue weighted by atomic mass is 9.98. The predicted molar refractivity (Wildman–Crippen MR) is 123 cm³/mol. The quantitative estimate of drug-likeness (QED) is 0.373. The minimum atomic E-state index is -0.928. The zero-order valence-corrected chi connectivity index (χ0v) is 19.0. The molecule has 1 aromatic carbocycles. The zero-order valence-electron chi connectivity index (χ0n) is 18.2. The van der Waals surface area contributed by atoms with Crippen molar-refractivity contribution >= 4 is 23.0 Å². The van der Waals surface area contributed by atoms with Crippen molar-refractivity contribution in [3.8, 4) is 5.00 Å². The molecule has 3 heterocycles. The molecule has 9 heteroatoms. The number of fused-ring (bicyclic) bond motifs is 3. The summed E-state index contributed by atoms with van der Waals surface area (Å²) in [6.07, 6.45) is 4.44. The highest BCUT2D eigenvalue weighted by Crippen LogP contribution is 2.39. The average molecular weight is 452 g/mol. The zero-order chi connectivity index (χ0) is 22.8. The number of aryl methyl sites for hydroxylation is 2. The number of hydrogen-bond acceptors (Lipinski definition) is 7. The van der Waals surface area contributed by atoms with Gasteiger partial charge in [-0.2, -0.15) is 0 Å². The number of rotatable bonds is 7. The van der Waals surface area contributed by atoms with E-state index in [2.05, 4.69) is 29.5 Å². The first kappa shape index (κ1) is 22.1. The average Bonchev–Trinajstić information content (AvgIpc) is 3.24. The van der Waals surface area contributed by atoms with Gasteiger partial charge in [0.25, 0.3) is 0 Å². The Kier molecular flexibility index (Phi) is 6.31. The molecule has 2 aromatic heterocycles. The third-order valence-corrected chi connectivity index (χ3v) is 6.76. The molecule has 1 aliphatic heterocycles. The molecule has 8 nitrogen and oxygen atoms in total. The number of benzene rings is 1. The van der Waals surface area contributed by atoms with Crippen molar-refractivity contribution in [2.75, 3.05) is 6.54 Å². The fourth-order valence-electron chi connectivity index (χ4n) is 3.84. The van der Waals surface area contributed by atoms with Gasteiger partial charge in [0.1, 0.15) is 16.9 Å². The molecule has 32 heavy (non-hydrogen) atoms. The Balaban J connectivity index is 1.82. The Morgan fingerprint density at radius 3 is 2.62 bits per heavy atom. The van der Waals surface area contributed by atoms with Gasteiger partial charge in [-0.1, -0.05) is 36.4 Å². The van der Waals surface area contributed by atoms with Gasteiger partial charge < -0.3 is 10.3 Å². The van der Waals surface area contributed by atoms with Crippen molar-refractivity contribution < 1.29 is 15.1 Å². The molecule has 3 N–H and O–H groups in total. The fourth-order valence-corrected chi connectivity index (χ4v) is 5.06. The first-order valence-corrected chi connectivity index (χ1v) is 11.2. The minimum absolute atomic E-state index is 0.156. The molecule has 166 valence electrons.